The number of fused-ring (bicyclic) bond motifs is 3. The molecule has 2 atom stereocenters. The molecule has 5 heterocycles. The van der Waals surface area contributed by atoms with E-state index in [-0.39, 0.29) is 28.8 Å². The quantitative estimate of drug-likeness (QED) is 0.277. The summed E-state index contributed by atoms with van der Waals surface area (Å²) in [6.45, 7) is -1.17. The van der Waals surface area contributed by atoms with Crippen molar-refractivity contribution in [2.75, 3.05) is 5.32 Å². The van der Waals surface area contributed by atoms with Gasteiger partial charge in [0.2, 0.25) is 5.91 Å². The van der Waals surface area contributed by atoms with Crippen molar-refractivity contribution >= 4 is 28.8 Å². The van der Waals surface area contributed by atoms with Gasteiger partial charge in [-0.2, -0.15) is 32.1 Å². The van der Waals surface area contributed by atoms with Gasteiger partial charge in [0.05, 0.1) is 40.2 Å². The first-order valence-electron chi connectivity index (χ1n) is 12.0. The van der Waals surface area contributed by atoms with E-state index in [1.807, 2.05) is 0 Å². The van der Waals surface area contributed by atoms with Crippen LogP contribution in [0, 0.1) is 0 Å². The maximum atomic E-state index is 13.9. The molecular weight excluding hydrogens is 573 g/mol. The van der Waals surface area contributed by atoms with Crippen LogP contribution in [-0.4, -0.2) is 45.2 Å². The number of amides is 1. The van der Waals surface area contributed by atoms with Crippen molar-refractivity contribution in [3.8, 4) is 11.5 Å². The fraction of sp³-hybridized carbons (Fsp3) is 0.240. The molecule has 41 heavy (non-hydrogen) atoms. The standard InChI is InChI=1S/C25H17ClF5N9O/c1-24(16-3-6-39(37-16)23(27)28)9-13(14-11-34-18-8-17(26)38-40(18)20(14)24)22(41)36-12-7-15(25(29,30)31)19(35-10-12)21-32-4-2-5-33-21/h2-8,10-11,13,23H,9H2,1H3,(H,36,41)/t13-,24-/m0/s1. The van der Waals surface area contributed by atoms with Crippen LogP contribution < -0.4 is 5.32 Å². The molecular formula is C25H17ClF5N9O. The second-order valence-electron chi connectivity index (χ2n) is 9.53. The first-order valence-corrected chi connectivity index (χ1v) is 12.4. The largest absolute Gasteiger partial charge is 0.418 e. The number of hydrogen-bond acceptors (Lipinski definition) is 7. The van der Waals surface area contributed by atoms with Gasteiger partial charge in [-0.15, -0.1) is 0 Å². The Bertz CT molecular complexity index is 1790. The van der Waals surface area contributed by atoms with Crippen LogP contribution >= 0.6 is 11.6 Å². The second kappa shape index (κ2) is 9.54. The molecule has 0 bridgehead atoms. The van der Waals surface area contributed by atoms with Crippen LogP contribution in [0.1, 0.15) is 48.3 Å². The van der Waals surface area contributed by atoms with Crippen LogP contribution in [0.3, 0.4) is 0 Å². The fourth-order valence-electron chi connectivity index (χ4n) is 5.12. The van der Waals surface area contributed by atoms with E-state index in [1.54, 1.807) is 6.92 Å². The van der Waals surface area contributed by atoms with Gasteiger partial charge in [-0.1, -0.05) is 11.6 Å². The van der Waals surface area contributed by atoms with Gasteiger partial charge in [-0.25, -0.2) is 24.1 Å². The summed E-state index contributed by atoms with van der Waals surface area (Å²) >= 11 is 6.11. The molecule has 6 rings (SSSR count). The molecule has 210 valence electrons. The molecule has 0 fully saturated rings. The van der Waals surface area contributed by atoms with Crippen molar-refractivity contribution < 1.29 is 26.7 Å². The molecule has 1 aliphatic carbocycles. The molecule has 1 amide bonds. The zero-order valence-electron chi connectivity index (χ0n) is 20.8. The summed E-state index contributed by atoms with van der Waals surface area (Å²) in [6, 6.07) is 5.12. The lowest BCUT2D eigenvalue weighted by Crippen LogP contribution is -2.26. The van der Waals surface area contributed by atoms with Gasteiger partial charge in [-0.05, 0) is 31.5 Å². The summed E-state index contributed by atoms with van der Waals surface area (Å²) in [4.78, 5) is 29.5. The van der Waals surface area contributed by atoms with Crippen molar-refractivity contribution in [2.24, 2.45) is 0 Å². The normalized spacial score (nSPS) is 18.7. The Kier molecular flexibility index (Phi) is 6.21. The van der Waals surface area contributed by atoms with E-state index in [9.17, 15) is 26.7 Å². The maximum absolute atomic E-state index is 13.9. The number of anilines is 1. The highest BCUT2D eigenvalue weighted by atomic mass is 35.5. The Morgan fingerprint density at radius 2 is 1.88 bits per heavy atom. The average molecular weight is 590 g/mol. The molecule has 0 radical (unpaired) electrons. The number of hydrogen-bond donors (Lipinski definition) is 1. The Morgan fingerprint density at radius 1 is 1.12 bits per heavy atom. The Labute approximate surface area is 232 Å². The molecule has 0 saturated heterocycles. The Balaban J connectivity index is 1.40. The molecule has 1 N–H and O–H groups in total. The highest BCUT2D eigenvalue weighted by Crippen LogP contribution is 2.50. The predicted molar refractivity (Wildman–Crippen MR) is 134 cm³/mol. The third-order valence-electron chi connectivity index (χ3n) is 6.92. The van der Waals surface area contributed by atoms with Gasteiger partial charge in [0.1, 0.15) is 5.69 Å². The molecule has 0 saturated carbocycles. The van der Waals surface area contributed by atoms with Gasteiger partial charge in [-0.3, -0.25) is 9.78 Å². The number of halogens is 6. The van der Waals surface area contributed by atoms with Crippen LogP contribution in [0.15, 0.2) is 55.2 Å². The number of pyridine rings is 1. The van der Waals surface area contributed by atoms with Crippen molar-refractivity contribution in [2.45, 2.75) is 37.4 Å². The monoisotopic (exact) mass is 589 g/mol. The van der Waals surface area contributed by atoms with Crippen molar-refractivity contribution in [1.29, 1.82) is 0 Å². The van der Waals surface area contributed by atoms with E-state index >= 15 is 0 Å². The first-order chi connectivity index (χ1) is 19.5. The number of carbonyl (C=O) groups excluding carboxylic acids is 1. The lowest BCUT2D eigenvalue weighted by atomic mass is 9.82. The fourth-order valence-corrected chi connectivity index (χ4v) is 5.29. The van der Waals surface area contributed by atoms with E-state index in [1.165, 1.54) is 41.3 Å². The number of nitrogens with zero attached hydrogens (tertiary/aromatic N) is 8. The van der Waals surface area contributed by atoms with Gasteiger partial charge in [0.25, 0.3) is 0 Å². The maximum Gasteiger partial charge on any atom is 0.418 e. The molecule has 5 aromatic rings. The van der Waals surface area contributed by atoms with E-state index in [4.69, 9.17) is 11.6 Å². The summed E-state index contributed by atoms with van der Waals surface area (Å²) < 4.78 is 70.4. The molecule has 5 aromatic heterocycles. The summed E-state index contributed by atoms with van der Waals surface area (Å²) in [5.74, 6) is -1.85. The predicted octanol–water partition coefficient (Wildman–Crippen LogP) is 5.28. The molecule has 1 aliphatic rings. The van der Waals surface area contributed by atoms with Gasteiger partial charge in [0.15, 0.2) is 16.6 Å². The zero-order valence-corrected chi connectivity index (χ0v) is 21.6. The number of alkyl halides is 5. The molecule has 0 spiro atoms. The molecule has 10 nitrogen and oxygen atoms in total. The van der Waals surface area contributed by atoms with E-state index in [0.717, 1.165) is 18.5 Å². The number of carbonyl (C=O) groups is 1. The number of nitrogens with one attached hydrogen (secondary N) is 1. The Morgan fingerprint density at radius 3 is 2.56 bits per heavy atom. The van der Waals surface area contributed by atoms with E-state index in [2.05, 4.69) is 35.5 Å². The van der Waals surface area contributed by atoms with Crippen molar-refractivity contribution in [1.82, 2.24) is 39.3 Å². The van der Waals surface area contributed by atoms with Crippen LogP contribution in [0.2, 0.25) is 5.15 Å². The zero-order chi connectivity index (χ0) is 29.1. The van der Waals surface area contributed by atoms with Gasteiger partial charge in [0, 0.05) is 36.4 Å². The topological polar surface area (TPSA) is 116 Å². The minimum Gasteiger partial charge on any atom is -0.324 e. The summed E-state index contributed by atoms with van der Waals surface area (Å²) in [6.07, 6.45) is 1.42. The van der Waals surface area contributed by atoms with Gasteiger partial charge < -0.3 is 5.32 Å². The lowest BCUT2D eigenvalue weighted by molar-refractivity contribution is -0.137. The molecule has 16 heteroatoms. The number of aromatic nitrogens is 8. The average Bonchev–Trinajstić information content (AvgIpc) is 3.64. The van der Waals surface area contributed by atoms with Crippen LogP contribution in [-0.2, 0) is 16.4 Å². The first kappa shape index (κ1) is 26.7. The van der Waals surface area contributed by atoms with E-state index in [0.29, 0.717) is 21.6 Å². The minimum absolute atomic E-state index is 0.0299. The summed E-state index contributed by atoms with van der Waals surface area (Å²) in [7, 11) is 0. The Hall–Kier alpha value is -4.53. The molecule has 0 aliphatic heterocycles. The third kappa shape index (κ3) is 4.55. The van der Waals surface area contributed by atoms with E-state index < -0.39 is 41.2 Å². The summed E-state index contributed by atoms with van der Waals surface area (Å²) in [5.41, 5.74) is -1.53. The SMILES string of the molecule is C[C@@]1(c2ccn(C(F)F)n2)C[C@H](C(=O)Nc2cnc(-c3ncccn3)c(C(F)(F)F)c2)c2cnc3cc(Cl)nn3c21. The van der Waals surface area contributed by atoms with Crippen molar-refractivity contribution in [3.05, 3.63) is 82.9 Å². The highest BCUT2D eigenvalue weighted by molar-refractivity contribution is 6.29. The summed E-state index contributed by atoms with van der Waals surface area (Å²) in [5, 5.41) is 10.9. The molecule has 0 unspecified atom stereocenters. The van der Waals surface area contributed by atoms with Gasteiger partial charge >= 0.3 is 12.7 Å². The second-order valence-corrected chi connectivity index (χ2v) is 9.91. The molecule has 0 aromatic carbocycles. The smallest absolute Gasteiger partial charge is 0.324 e. The lowest BCUT2D eigenvalue weighted by Gasteiger charge is -2.23. The van der Waals surface area contributed by atoms with Crippen LogP contribution in [0.4, 0.5) is 27.6 Å². The number of rotatable bonds is 5. The van der Waals surface area contributed by atoms with Crippen LogP contribution in [0.25, 0.3) is 17.2 Å². The highest BCUT2D eigenvalue weighted by Gasteiger charge is 2.48. The third-order valence-corrected chi connectivity index (χ3v) is 7.11. The minimum atomic E-state index is -4.82. The van der Waals surface area contributed by atoms with Crippen LogP contribution in [0.5, 0.6) is 0 Å². The van der Waals surface area contributed by atoms with Crippen molar-refractivity contribution in [3.63, 3.8) is 0 Å².